The van der Waals surface area contributed by atoms with Gasteiger partial charge in [-0.15, -0.1) is 0 Å². The Morgan fingerprint density at radius 3 is 2.38 bits per heavy atom. The fourth-order valence-corrected chi connectivity index (χ4v) is 2.57. The first-order valence-corrected chi connectivity index (χ1v) is 7.41. The summed E-state index contributed by atoms with van der Waals surface area (Å²) in [6, 6.07) is 4.33. The van der Waals surface area contributed by atoms with Gasteiger partial charge in [0.25, 0.3) is 0 Å². The van der Waals surface area contributed by atoms with Crippen LogP contribution in [0.3, 0.4) is 0 Å². The lowest BCUT2D eigenvalue weighted by Gasteiger charge is -2.42. The molecule has 2 rings (SSSR count). The van der Waals surface area contributed by atoms with E-state index in [1.165, 1.54) is 12.1 Å². The standard InChI is InChI=1S/C15H15F6N5/c1-8(14(16,17)18)5-13(26-23)7-24-12(13)25-10-3-2-9(6-22)11(4-10)15(19,20)21/h2-4,8,26H,5,7,23H2,1H3,(H,24,25)/t8?,13-/m1/s1. The lowest BCUT2D eigenvalue weighted by molar-refractivity contribution is -0.174. The van der Waals surface area contributed by atoms with Crippen molar-refractivity contribution in [1.29, 1.82) is 5.26 Å². The molecule has 0 bridgehead atoms. The normalized spacial score (nSPS) is 21.4. The van der Waals surface area contributed by atoms with Crippen LogP contribution in [0.1, 0.15) is 24.5 Å². The molecule has 0 amide bonds. The highest BCUT2D eigenvalue weighted by molar-refractivity contribution is 6.06. The molecule has 1 aromatic carbocycles. The number of benzene rings is 1. The van der Waals surface area contributed by atoms with Crippen LogP contribution in [0, 0.1) is 17.2 Å². The number of amidine groups is 1. The highest BCUT2D eigenvalue weighted by atomic mass is 19.4. The van der Waals surface area contributed by atoms with E-state index in [4.69, 9.17) is 11.1 Å². The molecule has 11 heteroatoms. The Bertz CT molecular complexity index is 748. The summed E-state index contributed by atoms with van der Waals surface area (Å²) in [6.45, 7) is 0.938. The van der Waals surface area contributed by atoms with Crippen LogP contribution in [0.5, 0.6) is 0 Å². The maximum Gasteiger partial charge on any atom is 0.417 e. The van der Waals surface area contributed by atoms with Gasteiger partial charge in [-0.1, -0.05) is 6.92 Å². The number of halogens is 6. The van der Waals surface area contributed by atoms with Crippen LogP contribution < -0.4 is 16.6 Å². The monoisotopic (exact) mass is 379 g/mol. The second kappa shape index (κ2) is 6.77. The third-order valence-electron chi connectivity index (χ3n) is 4.16. The molecule has 0 fully saturated rings. The minimum Gasteiger partial charge on any atom is -0.342 e. The van der Waals surface area contributed by atoms with Crippen molar-refractivity contribution in [2.45, 2.75) is 31.2 Å². The van der Waals surface area contributed by atoms with Crippen molar-refractivity contribution < 1.29 is 26.3 Å². The van der Waals surface area contributed by atoms with Crippen molar-refractivity contribution in [2.24, 2.45) is 16.8 Å². The smallest absolute Gasteiger partial charge is 0.342 e. The van der Waals surface area contributed by atoms with Gasteiger partial charge in [0.1, 0.15) is 11.4 Å². The van der Waals surface area contributed by atoms with Crippen LogP contribution in [0.2, 0.25) is 0 Å². The van der Waals surface area contributed by atoms with Gasteiger partial charge in [0.05, 0.1) is 29.7 Å². The molecular weight excluding hydrogens is 364 g/mol. The van der Waals surface area contributed by atoms with Gasteiger partial charge in [-0.05, 0) is 24.6 Å². The lowest BCUT2D eigenvalue weighted by atomic mass is 9.83. The van der Waals surface area contributed by atoms with Gasteiger partial charge < -0.3 is 5.32 Å². The van der Waals surface area contributed by atoms with Crippen molar-refractivity contribution in [3.8, 4) is 6.07 Å². The Morgan fingerprint density at radius 1 is 1.31 bits per heavy atom. The van der Waals surface area contributed by atoms with E-state index in [-0.39, 0.29) is 18.1 Å². The molecule has 1 aromatic rings. The fraction of sp³-hybridized carbons (Fsp3) is 0.467. The molecule has 0 spiro atoms. The highest BCUT2D eigenvalue weighted by Crippen LogP contribution is 2.37. The van der Waals surface area contributed by atoms with Crippen LogP contribution >= 0.6 is 0 Å². The highest BCUT2D eigenvalue weighted by Gasteiger charge is 2.48. The van der Waals surface area contributed by atoms with Crippen LogP contribution in [0.15, 0.2) is 23.2 Å². The Morgan fingerprint density at radius 2 is 1.96 bits per heavy atom. The maximum absolute atomic E-state index is 13.0. The van der Waals surface area contributed by atoms with Gasteiger partial charge in [-0.3, -0.25) is 10.8 Å². The molecule has 0 saturated carbocycles. The first-order valence-electron chi connectivity index (χ1n) is 7.41. The van der Waals surface area contributed by atoms with E-state index in [1.807, 2.05) is 0 Å². The predicted octanol–water partition coefficient (Wildman–Crippen LogP) is 3.19. The molecular formula is C15H15F6N5. The first-order chi connectivity index (χ1) is 11.9. The van der Waals surface area contributed by atoms with E-state index in [9.17, 15) is 26.3 Å². The fourth-order valence-electron chi connectivity index (χ4n) is 2.57. The number of aliphatic imine (C=N–C) groups is 1. The summed E-state index contributed by atoms with van der Waals surface area (Å²) in [5.41, 5.74) is -0.807. The third-order valence-corrected chi connectivity index (χ3v) is 4.16. The molecule has 1 aliphatic heterocycles. The van der Waals surface area contributed by atoms with E-state index >= 15 is 0 Å². The molecule has 1 aliphatic rings. The van der Waals surface area contributed by atoms with Crippen molar-refractivity contribution in [3.63, 3.8) is 0 Å². The average Bonchev–Trinajstić information content (AvgIpc) is 2.54. The summed E-state index contributed by atoms with van der Waals surface area (Å²) in [6.07, 6.45) is -9.62. The molecule has 1 unspecified atom stereocenters. The number of nitrogens with zero attached hydrogens (tertiary/aromatic N) is 2. The lowest BCUT2D eigenvalue weighted by Crippen LogP contribution is -2.66. The summed E-state index contributed by atoms with van der Waals surface area (Å²) >= 11 is 0. The van der Waals surface area contributed by atoms with E-state index in [0.29, 0.717) is 6.07 Å². The van der Waals surface area contributed by atoms with E-state index in [0.717, 1.165) is 13.0 Å². The number of nitriles is 1. The zero-order chi connectivity index (χ0) is 19.8. The quantitative estimate of drug-likeness (QED) is 0.426. The SMILES string of the molecule is CC(C[C@@]1(NN)CN=C1Nc1ccc(C#N)c(C(F)(F)F)c1)C(F)(F)F. The van der Waals surface area contributed by atoms with Crippen molar-refractivity contribution in [2.75, 3.05) is 11.9 Å². The number of nitrogens with two attached hydrogens (primary N) is 1. The third kappa shape index (κ3) is 3.91. The Hall–Kier alpha value is -2.32. The van der Waals surface area contributed by atoms with Gasteiger partial charge in [0, 0.05) is 5.69 Å². The summed E-state index contributed by atoms with van der Waals surface area (Å²) in [5, 5.41) is 11.4. The number of anilines is 1. The van der Waals surface area contributed by atoms with Gasteiger partial charge >= 0.3 is 12.4 Å². The first kappa shape index (κ1) is 20.0. The predicted molar refractivity (Wildman–Crippen MR) is 82.0 cm³/mol. The zero-order valence-corrected chi connectivity index (χ0v) is 13.5. The molecule has 2 atom stereocenters. The molecule has 1 heterocycles. The van der Waals surface area contributed by atoms with Crippen LogP contribution in [-0.2, 0) is 6.18 Å². The van der Waals surface area contributed by atoms with E-state index < -0.39 is 41.4 Å². The number of hydrogen-bond acceptors (Lipinski definition) is 5. The molecule has 5 nitrogen and oxygen atoms in total. The number of nitrogens with one attached hydrogen (secondary N) is 2. The van der Waals surface area contributed by atoms with E-state index in [2.05, 4.69) is 15.7 Å². The molecule has 0 saturated heterocycles. The topological polar surface area (TPSA) is 86.2 Å². The van der Waals surface area contributed by atoms with Crippen molar-refractivity contribution >= 4 is 11.5 Å². The summed E-state index contributed by atoms with van der Waals surface area (Å²) in [5.74, 6) is 3.70. The Kier molecular flexibility index (Phi) is 5.21. The van der Waals surface area contributed by atoms with E-state index in [1.54, 1.807) is 0 Å². The minimum absolute atomic E-state index is 0.00827. The Balaban J connectivity index is 2.25. The number of hydrogen-bond donors (Lipinski definition) is 3. The van der Waals surface area contributed by atoms with Crippen LogP contribution in [-0.4, -0.2) is 24.1 Å². The van der Waals surface area contributed by atoms with Crippen LogP contribution in [0.4, 0.5) is 32.0 Å². The van der Waals surface area contributed by atoms with Gasteiger partial charge in [-0.2, -0.15) is 31.6 Å². The van der Waals surface area contributed by atoms with Crippen molar-refractivity contribution in [3.05, 3.63) is 29.3 Å². The van der Waals surface area contributed by atoms with Gasteiger partial charge in [-0.25, -0.2) is 5.43 Å². The number of rotatable bonds is 4. The molecule has 0 aliphatic carbocycles. The molecule has 142 valence electrons. The summed E-state index contributed by atoms with van der Waals surface area (Å²) < 4.78 is 77.5. The molecule has 26 heavy (non-hydrogen) atoms. The second-order valence-corrected chi connectivity index (χ2v) is 6.03. The molecule has 0 radical (unpaired) electrons. The van der Waals surface area contributed by atoms with Gasteiger partial charge in [0.15, 0.2) is 0 Å². The summed E-state index contributed by atoms with van der Waals surface area (Å²) in [7, 11) is 0. The molecule has 0 aromatic heterocycles. The minimum atomic E-state index is -4.75. The van der Waals surface area contributed by atoms with Gasteiger partial charge in [0.2, 0.25) is 0 Å². The number of hydrazine groups is 1. The second-order valence-electron chi connectivity index (χ2n) is 6.03. The number of alkyl halides is 6. The zero-order valence-electron chi connectivity index (χ0n) is 13.5. The largest absolute Gasteiger partial charge is 0.417 e. The molecule has 4 N–H and O–H groups in total. The van der Waals surface area contributed by atoms with Crippen LogP contribution in [0.25, 0.3) is 0 Å². The maximum atomic E-state index is 13.0. The van der Waals surface area contributed by atoms with Crippen molar-refractivity contribution in [1.82, 2.24) is 5.43 Å². The summed E-state index contributed by atoms with van der Waals surface area (Å²) in [4.78, 5) is 3.91. The average molecular weight is 379 g/mol. The Labute approximate surface area is 144 Å².